The molecule has 4 nitrogen and oxygen atoms in total. The van der Waals surface area contributed by atoms with Crippen LogP contribution in [0.1, 0.15) is 38.8 Å². The third kappa shape index (κ3) is 5.09. The predicted molar refractivity (Wildman–Crippen MR) is 76.9 cm³/mol. The van der Waals surface area contributed by atoms with Gasteiger partial charge < -0.3 is 19.9 Å². The molecule has 19 heavy (non-hydrogen) atoms. The molecule has 0 aliphatic heterocycles. The highest BCUT2D eigenvalue weighted by Crippen LogP contribution is 2.29. The summed E-state index contributed by atoms with van der Waals surface area (Å²) < 4.78 is 10.9. The van der Waals surface area contributed by atoms with Gasteiger partial charge in [0.15, 0.2) is 0 Å². The van der Waals surface area contributed by atoms with E-state index in [1.807, 2.05) is 18.2 Å². The topological polar surface area (TPSA) is 50.7 Å². The van der Waals surface area contributed by atoms with Crippen molar-refractivity contribution >= 4 is 0 Å². The SMILES string of the molecule is CCCNC(C)c1ccc(OC)cc1OCC(C)O. The van der Waals surface area contributed by atoms with E-state index >= 15 is 0 Å². The van der Waals surface area contributed by atoms with Crippen LogP contribution in [-0.4, -0.2) is 31.5 Å². The van der Waals surface area contributed by atoms with E-state index in [9.17, 15) is 5.11 Å². The Morgan fingerprint density at radius 1 is 1.32 bits per heavy atom. The Balaban J connectivity index is 2.87. The summed E-state index contributed by atoms with van der Waals surface area (Å²) in [4.78, 5) is 0. The minimum atomic E-state index is -0.488. The van der Waals surface area contributed by atoms with Crippen LogP contribution < -0.4 is 14.8 Å². The lowest BCUT2D eigenvalue weighted by Crippen LogP contribution is -2.21. The number of rotatable bonds is 8. The van der Waals surface area contributed by atoms with Crippen LogP contribution in [0.15, 0.2) is 18.2 Å². The van der Waals surface area contributed by atoms with E-state index in [1.54, 1.807) is 14.0 Å². The van der Waals surface area contributed by atoms with Crippen molar-refractivity contribution in [2.45, 2.75) is 39.3 Å². The van der Waals surface area contributed by atoms with Crippen LogP contribution in [0.25, 0.3) is 0 Å². The number of hydrogen-bond donors (Lipinski definition) is 2. The highest BCUT2D eigenvalue weighted by Gasteiger charge is 2.13. The average Bonchev–Trinajstić information content (AvgIpc) is 2.42. The zero-order valence-corrected chi connectivity index (χ0v) is 12.3. The Hall–Kier alpha value is -1.26. The van der Waals surface area contributed by atoms with Crippen LogP contribution in [0, 0.1) is 0 Å². The first-order chi connectivity index (χ1) is 9.08. The molecular weight excluding hydrogens is 242 g/mol. The van der Waals surface area contributed by atoms with Gasteiger partial charge in [-0.25, -0.2) is 0 Å². The third-order valence-corrected chi connectivity index (χ3v) is 2.87. The van der Waals surface area contributed by atoms with Gasteiger partial charge in [0, 0.05) is 17.7 Å². The molecule has 0 spiro atoms. The first kappa shape index (κ1) is 15.8. The molecule has 0 radical (unpaired) electrons. The van der Waals surface area contributed by atoms with Gasteiger partial charge >= 0.3 is 0 Å². The van der Waals surface area contributed by atoms with E-state index in [0.717, 1.165) is 30.0 Å². The molecule has 0 amide bonds. The van der Waals surface area contributed by atoms with Gasteiger partial charge in [0.2, 0.25) is 0 Å². The number of aliphatic hydroxyl groups excluding tert-OH is 1. The minimum Gasteiger partial charge on any atom is -0.497 e. The first-order valence-corrected chi connectivity index (χ1v) is 6.80. The second-order valence-corrected chi connectivity index (χ2v) is 4.74. The normalized spacial score (nSPS) is 13.9. The maximum absolute atomic E-state index is 9.34. The quantitative estimate of drug-likeness (QED) is 0.760. The lowest BCUT2D eigenvalue weighted by atomic mass is 10.1. The fraction of sp³-hybridized carbons (Fsp3) is 0.600. The van der Waals surface area contributed by atoms with Gasteiger partial charge in [-0.15, -0.1) is 0 Å². The second-order valence-electron chi connectivity index (χ2n) is 4.74. The molecule has 0 aromatic heterocycles. The van der Waals surface area contributed by atoms with Gasteiger partial charge in [-0.2, -0.15) is 0 Å². The minimum absolute atomic E-state index is 0.204. The van der Waals surface area contributed by atoms with E-state index < -0.39 is 6.10 Å². The first-order valence-electron chi connectivity index (χ1n) is 6.80. The zero-order chi connectivity index (χ0) is 14.3. The van der Waals surface area contributed by atoms with Crippen LogP contribution in [0.4, 0.5) is 0 Å². The van der Waals surface area contributed by atoms with E-state index in [4.69, 9.17) is 9.47 Å². The summed E-state index contributed by atoms with van der Waals surface area (Å²) in [7, 11) is 1.63. The van der Waals surface area contributed by atoms with Crippen molar-refractivity contribution in [2.24, 2.45) is 0 Å². The van der Waals surface area contributed by atoms with Gasteiger partial charge in [-0.05, 0) is 32.9 Å². The van der Waals surface area contributed by atoms with Crippen molar-refractivity contribution in [3.63, 3.8) is 0 Å². The maximum Gasteiger partial charge on any atom is 0.127 e. The number of ether oxygens (including phenoxy) is 2. The molecule has 2 N–H and O–H groups in total. The van der Waals surface area contributed by atoms with Gasteiger partial charge in [-0.1, -0.05) is 13.0 Å². The van der Waals surface area contributed by atoms with E-state index in [0.29, 0.717) is 0 Å². The van der Waals surface area contributed by atoms with E-state index in [-0.39, 0.29) is 12.6 Å². The summed E-state index contributed by atoms with van der Waals surface area (Å²) >= 11 is 0. The van der Waals surface area contributed by atoms with Crippen LogP contribution in [-0.2, 0) is 0 Å². The lowest BCUT2D eigenvalue weighted by molar-refractivity contribution is 0.121. The van der Waals surface area contributed by atoms with Crippen molar-refractivity contribution in [2.75, 3.05) is 20.3 Å². The summed E-state index contributed by atoms with van der Waals surface area (Å²) in [5.41, 5.74) is 1.08. The van der Waals surface area contributed by atoms with Crippen molar-refractivity contribution in [1.82, 2.24) is 5.32 Å². The summed E-state index contributed by atoms with van der Waals surface area (Å²) in [6.07, 6.45) is 0.600. The molecule has 1 aromatic rings. The molecule has 0 fully saturated rings. The lowest BCUT2D eigenvalue weighted by Gasteiger charge is -2.19. The second kappa shape index (κ2) is 8.02. The number of hydrogen-bond acceptors (Lipinski definition) is 4. The summed E-state index contributed by atoms with van der Waals surface area (Å²) in [6.45, 7) is 7.19. The molecule has 2 atom stereocenters. The Bertz CT molecular complexity index is 380. The summed E-state index contributed by atoms with van der Waals surface area (Å²) in [5, 5.41) is 12.8. The van der Waals surface area contributed by atoms with Gasteiger partial charge in [-0.3, -0.25) is 0 Å². The molecule has 108 valence electrons. The van der Waals surface area contributed by atoms with E-state index in [2.05, 4.69) is 19.2 Å². The molecule has 4 heteroatoms. The molecule has 0 aliphatic carbocycles. The largest absolute Gasteiger partial charge is 0.497 e. The molecule has 0 bridgehead atoms. The van der Waals surface area contributed by atoms with Crippen molar-refractivity contribution in [3.05, 3.63) is 23.8 Å². The Labute approximate surface area is 115 Å². The van der Waals surface area contributed by atoms with E-state index in [1.165, 1.54) is 0 Å². The fourth-order valence-corrected chi connectivity index (χ4v) is 1.81. The Morgan fingerprint density at radius 3 is 2.63 bits per heavy atom. The predicted octanol–water partition coefficient (Wildman–Crippen LogP) is 2.52. The molecule has 2 unspecified atom stereocenters. The highest BCUT2D eigenvalue weighted by atomic mass is 16.5. The average molecular weight is 267 g/mol. The van der Waals surface area contributed by atoms with Crippen molar-refractivity contribution < 1.29 is 14.6 Å². The van der Waals surface area contributed by atoms with Gasteiger partial charge in [0.1, 0.15) is 18.1 Å². The highest BCUT2D eigenvalue weighted by molar-refractivity contribution is 5.42. The maximum atomic E-state index is 9.34. The van der Waals surface area contributed by atoms with Crippen LogP contribution in [0.5, 0.6) is 11.5 Å². The van der Waals surface area contributed by atoms with Crippen molar-refractivity contribution in [1.29, 1.82) is 0 Å². The molecule has 0 saturated carbocycles. The number of nitrogens with one attached hydrogen (secondary N) is 1. The number of benzene rings is 1. The third-order valence-electron chi connectivity index (χ3n) is 2.87. The molecule has 1 rings (SSSR count). The Morgan fingerprint density at radius 2 is 2.05 bits per heavy atom. The smallest absolute Gasteiger partial charge is 0.127 e. The molecule has 1 aromatic carbocycles. The summed E-state index contributed by atoms with van der Waals surface area (Å²) in [6, 6.07) is 6.00. The van der Waals surface area contributed by atoms with Gasteiger partial charge in [0.25, 0.3) is 0 Å². The molecule has 0 aliphatic rings. The fourth-order valence-electron chi connectivity index (χ4n) is 1.81. The summed E-state index contributed by atoms with van der Waals surface area (Å²) in [5.74, 6) is 1.52. The van der Waals surface area contributed by atoms with Crippen LogP contribution >= 0.6 is 0 Å². The molecule has 0 saturated heterocycles. The van der Waals surface area contributed by atoms with Crippen LogP contribution in [0.3, 0.4) is 0 Å². The number of aliphatic hydroxyl groups is 1. The van der Waals surface area contributed by atoms with Gasteiger partial charge in [0.05, 0.1) is 13.2 Å². The van der Waals surface area contributed by atoms with Crippen LogP contribution in [0.2, 0.25) is 0 Å². The number of methoxy groups -OCH3 is 1. The molecule has 0 heterocycles. The van der Waals surface area contributed by atoms with Crippen molar-refractivity contribution in [3.8, 4) is 11.5 Å². The molecular formula is C15H25NO3. The Kier molecular flexibility index (Phi) is 6.67. The standard InChI is InChI=1S/C15H25NO3/c1-5-8-16-12(3)14-7-6-13(18-4)9-15(14)19-10-11(2)17/h6-7,9,11-12,16-17H,5,8,10H2,1-4H3. The zero-order valence-electron chi connectivity index (χ0n) is 12.3. The monoisotopic (exact) mass is 267 g/mol.